The third kappa shape index (κ3) is 4.53. The summed E-state index contributed by atoms with van der Waals surface area (Å²) in [6.45, 7) is 8.94. The molecular formula is C26H33N3O3. The quantitative estimate of drug-likeness (QED) is 0.781. The van der Waals surface area contributed by atoms with Gasteiger partial charge in [0.1, 0.15) is 18.5 Å². The molecule has 3 aliphatic rings. The number of fused-ring (bicyclic) bond motifs is 2. The lowest BCUT2D eigenvalue weighted by molar-refractivity contribution is -0.0417. The minimum Gasteiger partial charge on any atom is -0.493 e. The van der Waals surface area contributed by atoms with Crippen LogP contribution in [0.3, 0.4) is 0 Å². The highest BCUT2D eigenvalue weighted by Gasteiger charge is 2.24. The summed E-state index contributed by atoms with van der Waals surface area (Å²) in [6.07, 6.45) is 7.60. The van der Waals surface area contributed by atoms with E-state index in [0.717, 1.165) is 61.1 Å². The molecule has 2 aliphatic heterocycles. The van der Waals surface area contributed by atoms with Gasteiger partial charge in [-0.25, -0.2) is 0 Å². The van der Waals surface area contributed by atoms with Gasteiger partial charge in [-0.3, -0.25) is 14.3 Å². The number of hydrogen-bond acceptors (Lipinski definition) is 5. The Labute approximate surface area is 189 Å². The van der Waals surface area contributed by atoms with Crippen molar-refractivity contribution in [3.8, 4) is 0 Å². The van der Waals surface area contributed by atoms with Crippen molar-refractivity contribution in [3.05, 3.63) is 69.2 Å². The second-order valence-electron chi connectivity index (χ2n) is 9.30. The van der Waals surface area contributed by atoms with Gasteiger partial charge in [-0.05, 0) is 62.0 Å². The van der Waals surface area contributed by atoms with E-state index in [-0.39, 0.29) is 11.7 Å². The maximum Gasteiger partial charge on any atom is 0.252 e. The van der Waals surface area contributed by atoms with E-state index in [1.165, 1.54) is 11.1 Å². The normalized spacial score (nSPS) is 22.2. The Morgan fingerprint density at radius 1 is 1.12 bits per heavy atom. The molecule has 1 atom stereocenters. The minimum absolute atomic E-state index is 0.0883. The number of rotatable bonds is 5. The monoisotopic (exact) mass is 435 g/mol. The molecule has 2 aromatic rings. The van der Waals surface area contributed by atoms with Crippen LogP contribution in [0.5, 0.6) is 0 Å². The molecule has 170 valence electrons. The molecule has 0 radical (unpaired) electrons. The van der Waals surface area contributed by atoms with Crippen molar-refractivity contribution < 1.29 is 9.47 Å². The van der Waals surface area contributed by atoms with E-state index in [1.54, 1.807) is 6.07 Å². The molecular weight excluding hydrogens is 402 g/mol. The van der Waals surface area contributed by atoms with Gasteiger partial charge < -0.3 is 14.8 Å². The number of hydrogen-bond donors (Lipinski definition) is 1. The van der Waals surface area contributed by atoms with Crippen molar-refractivity contribution in [1.82, 2.24) is 14.8 Å². The zero-order valence-corrected chi connectivity index (χ0v) is 19.1. The van der Waals surface area contributed by atoms with Gasteiger partial charge >= 0.3 is 0 Å². The largest absolute Gasteiger partial charge is 0.493 e. The zero-order chi connectivity index (χ0) is 22.1. The van der Waals surface area contributed by atoms with E-state index in [1.807, 2.05) is 11.5 Å². The van der Waals surface area contributed by atoms with Gasteiger partial charge in [0.25, 0.3) is 5.56 Å². The highest BCUT2D eigenvalue weighted by molar-refractivity contribution is 5.83. The third-order valence-electron chi connectivity index (χ3n) is 6.91. The van der Waals surface area contributed by atoms with Crippen LogP contribution in [0.15, 0.2) is 52.5 Å². The van der Waals surface area contributed by atoms with Crippen LogP contribution in [0.1, 0.15) is 30.4 Å². The van der Waals surface area contributed by atoms with Crippen LogP contribution >= 0.6 is 0 Å². The molecule has 1 aliphatic carbocycles. The number of aryl methyl sites for hydroxylation is 2. The average molecular weight is 436 g/mol. The fourth-order valence-electron chi connectivity index (χ4n) is 5.01. The van der Waals surface area contributed by atoms with Gasteiger partial charge in [0, 0.05) is 37.1 Å². The van der Waals surface area contributed by atoms with E-state index in [0.29, 0.717) is 25.9 Å². The maximum absolute atomic E-state index is 12.8. The molecule has 6 nitrogen and oxygen atoms in total. The average Bonchev–Trinajstić information content (AvgIpc) is 2.81. The molecule has 1 unspecified atom stereocenters. The molecule has 0 bridgehead atoms. The standard InChI is InChI=1S/C26H33N3O3/c1-18-3-5-22-19(2)14-26(30)29(23(22)13-18)17-28-9-7-21(8-10-28)27-16-20-4-6-24-25(15-20)32-12-11-31-24/h3-5,13-15,21,24,27H,6-12,16-17H2,1-2H3. The minimum atomic E-state index is 0.0883. The lowest BCUT2D eigenvalue weighted by Crippen LogP contribution is -2.44. The molecule has 1 aromatic heterocycles. The molecule has 3 heterocycles. The van der Waals surface area contributed by atoms with E-state index in [2.05, 4.69) is 47.5 Å². The predicted octanol–water partition coefficient (Wildman–Crippen LogP) is 3.26. The van der Waals surface area contributed by atoms with Crippen molar-refractivity contribution in [3.63, 3.8) is 0 Å². The number of nitrogens with zero attached hydrogens (tertiary/aromatic N) is 2. The topological polar surface area (TPSA) is 55.7 Å². The first-order chi connectivity index (χ1) is 15.6. The summed E-state index contributed by atoms with van der Waals surface area (Å²) in [5.74, 6) is 0.983. The molecule has 32 heavy (non-hydrogen) atoms. The van der Waals surface area contributed by atoms with E-state index in [4.69, 9.17) is 9.47 Å². The number of pyridine rings is 1. The maximum atomic E-state index is 12.8. The van der Waals surface area contributed by atoms with E-state index in [9.17, 15) is 4.79 Å². The van der Waals surface area contributed by atoms with Crippen molar-refractivity contribution in [2.24, 2.45) is 0 Å². The Morgan fingerprint density at radius 2 is 1.97 bits per heavy atom. The van der Waals surface area contributed by atoms with Gasteiger partial charge in [0.2, 0.25) is 0 Å². The highest BCUT2D eigenvalue weighted by atomic mass is 16.6. The SMILES string of the molecule is Cc1ccc2c(C)cc(=O)n(CN3CCC(NCC4=CCC5OCCOC5=C4)CC3)c2c1. The van der Waals surface area contributed by atoms with Crippen molar-refractivity contribution >= 4 is 10.9 Å². The van der Waals surface area contributed by atoms with E-state index >= 15 is 0 Å². The first-order valence-corrected chi connectivity index (χ1v) is 11.8. The molecule has 0 spiro atoms. The Kier molecular flexibility index (Phi) is 6.17. The van der Waals surface area contributed by atoms with Crippen LogP contribution < -0.4 is 10.9 Å². The van der Waals surface area contributed by atoms with Gasteiger partial charge in [-0.1, -0.05) is 18.2 Å². The highest BCUT2D eigenvalue weighted by Crippen LogP contribution is 2.25. The van der Waals surface area contributed by atoms with Crippen LogP contribution in [0.2, 0.25) is 0 Å². The Balaban J connectivity index is 1.17. The smallest absolute Gasteiger partial charge is 0.252 e. The van der Waals surface area contributed by atoms with Crippen LogP contribution in [0.4, 0.5) is 0 Å². The second-order valence-corrected chi connectivity index (χ2v) is 9.30. The number of likely N-dealkylation sites (tertiary alicyclic amines) is 1. The number of benzene rings is 1. The first-order valence-electron chi connectivity index (χ1n) is 11.8. The molecule has 2 fully saturated rings. The zero-order valence-electron chi connectivity index (χ0n) is 19.1. The summed E-state index contributed by atoms with van der Waals surface area (Å²) in [4.78, 5) is 15.2. The van der Waals surface area contributed by atoms with Gasteiger partial charge in [0.15, 0.2) is 0 Å². The van der Waals surface area contributed by atoms with Crippen molar-refractivity contribution in [1.29, 1.82) is 0 Å². The lowest BCUT2D eigenvalue weighted by atomic mass is 10.0. The third-order valence-corrected chi connectivity index (χ3v) is 6.91. The van der Waals surface area contributed by atoms with Crippen LogP contribution in [-0.2, 0) is 16.1 Å². The van der Waals surface area contributed by atoms with Crippen molar-refractivity contribution in [2.75, 3.05) is 32.8 Å². The molecule has 1 aromatic carbocycles. The van der Waals surface area contributed by atoms with Crippen molar-refractivity contribution in [2.45, 2.75) is 51.9 Å². The molecule has 5 rings (SSSR count). The number of aromatic nitrogens is 1. The van der Waals surface area contributed by atoms with Gasteiger partial charge in [-0.2, -0.15) is 0 Å². The fraction of sp³-hybridized carbons (Fsp3) is 0.500. The Hall–Kier alpha value is -2.41. The Morgan fingerprint density at radius 3 is 2.81 bits per heavy atom. The van der Waals surface area contributed by atoms with Gasteiger partial charge in [-0.15, -0.1) is 0 Å². The summed E-state index contributed by atoms with van der Waals surface area (Å²) < 4.78 is 13.4. The summed E-state index contributed by atoms with van der Waals surface area (Å²) in [5.41, 5.74) is 4.65. The summed E-state index contributed by atoms with van der Waals surface area (Å²) >= 11 is 0. The molecule has 1 N–H and O–H groups in total. The molecule has 0 amide bonds. The number of ether oxygens (including phenoxy) is 2. The van der Waals surface area contributed by atoms with Crippen LogP contribution in [0.25, 0.3) is 10.9 Å². The van der Waals surface area contributed by atoms with E-state index < -0.39 is 0 Å². The summed E-state index contributed by atoms with van der Waals surface area (Å²) in [7, 11) is 0. The second kappa shape index (κ2) is 9.22. The summed E-state index contributed by atoms with van der Waals surface area (Å²) in [5, 5.41) is 4.89. The molecule has 0 saturated carbocycles. The number of nitrogens with one attached hydrogen (secondary N) is 1. The number of piperidine rings is 1. The first kappa shape index (κ1) is 21.4. The predicted molar refractivity (Wildman–Crippen MR) is 127 cm³/mol. The summed E-state index contributed by atoms with van der Waals surface area (Å²) in [6, 6.07) is 8.65. The Bertz CT molecular complexity index is 1110. The molecule has 2 saturated heterocycles. The van der Waals surface area contributed by atoms with Gasteiger partial charge in [0.05, 0.1) is 18.8 Å². The molecule has 6 heteroatoms. The lowest BCUT2D eigenvalue weighted by Gasteiger charge is -2.33. The van der Waals surface area contributed by atoms with Crippen LogP contribution in [-0.4, -0.2) is 54.5 Å². The van der Waals surface area contributed by atoms with Crippen LogP contribution in [0, 0.1) is 13.8 Å². The fourth-order valence-corrected chi connectivity index (χ4v) is 5.01.